The molecule has 0 bridgehead atoms. The van der Waals surface area contributed by atoms with E-state index in [0.717, 1.165) is 5.57 Å². The zero-order valence-electron chi connectivity index (χ0n) is 19.9. The molecule has 2 saturated heterocycles. The van der Waals surface area contributed by atoms with Crippen molar-refractivity contribution < 1.29 is 34.3 Å². The van der Waals surface area contributed by atoms with Crippen LogP contribution >= 0.6 is 11.6 Å². The monoisotopic (exact) mass is 503 g/mol. The Bertz CT molecular complexity index is 1060. The van der Waals surface area contributed by atoms with Gasteiger partial charge in [0.15, 0.2) is 0 Å². The Kier molecular flexibility index (Phi) is 7.59. The number of unbranched alkanes of at least 4 members (excludes halogenated alkanes) is 2. The maximum Gasteiger partial charge on any atom is 0.487 e. The van der Waals surface area contributed by atoms with Crippen molar-refractivity contribution in [3.05, 3.63) is 39.8 Å². The van der Waals surface area contributed by atoms with E-state index in [9.17, 15) is 24.5 Å². The van der Waals surface area contributed by atoms with Gasteiger partial charge in [0.05, 0.1) is 17.9 Å². The highest BCUT2D eigenvalue weighted by Gasteiger charge is 2.57. The van der Waals surface area contributed by atoms with E-state index in [4.69, 9.17) is 21.4 Å². The van der Waals surface area contributed by atoms with Gasteiger partial charge < -0.3 is 19.9 Å². The van der Waals surface area contributed by atoms with Crippen LogP contribution in [0.1, 0.15) is 64.0 Å². The van der Waals surface area contributed by atoms with E-state index in [0.29, 0.717) is 48.2 Å². The molecule has 2 amide bonds. The Morgan fingerprint density at radius 1 is 1.20 bits per heavy atom. The van der Waals surface area contributed by atoms with E-state index in [1.807, 2.05) is 13.8 Å². The standard InChI is InChI=1S/C25H31BClNO7/c1-13(2)16-11-18-22(25(33)28(24(18)32)9-5-3-4-6-21(30)31)17-12-20(35-26(34)23(16)17)15-8-7-14(29)10-19(15)27/h7-8,10,13,17-18,20,22,29,34H,3-6,9,11-12H2,1-2H3,(H,30,31)/t17-,18-,20-,22+/m0/s1. The lowest BCUT2D eigenvalue weighted by Crippen LogP contribution is -2.45. The molecule has 1 aromatic rings. The molecular weight excluding hydrogens is 473 g/mol. The van der Waals surface area contributed by atoms with Gasteiger partial charge in [0, 0.05) is 18.0 Å². The summed E-state index contributed by atoms with van der Waals surface area (Å²) >= 11 is 6.35. The fourth-order valence-electron chi connectivity index (χ4n) is 5.89. The van der Waals surface area contributed by atoms with Crippen molar-refractivity contribution in [1.29, 1.82) is 0 Å². The van der Waals surface area contributed by atoms with Gasteiger partial charge in [0.2, 0.25) is 11.8 Å². The van der Waals surface area contributed by atoms with Gasteiger partial charge in [-0.1, -0.05) is 43.5 Å². The molecule has 1 aromatic carbocycles. The number of hydrogen-bond acceptors (Lipinski definition) is 6. The number of phenolic OH excluding ortho intramolecular Hbond substituents is 1. The van der Waals surface area contributed by atoms with E-state index in [-0.39, 0.29) is 42.4 Å². The third-order valence-corrected chi connectivity index (χ3v) is 7.87. The van der Waals surface area contributed by atoms with Crippen LogP contribution in [-0.4, -0.2) is 51.6 Å². The number of likely N-dealkylation sites (tertiary alicyclic amines) is 1. The number of hydrogen-bond donors (Lipinski definition) is 3. The highest BCUT2D eigenvalue weighted by Crippen LogP contribution is 2.53. The van der Waals surface area contributed by atoms with Crippen molar-refractivity contribution in [2.24, 2.45) is 23.7 Å². The van der Waals surface area contributed by atoms with Gasteiger partial charge >= 0.3 is 13.1 Å². The van der Waals surface area contributed by atoms with Crippen molar-refractivity contribution in [2.75, 3.05) is 6.54 Å². The predicted molar refractivity (Wildman–Crippen MR) is 129 cm³/mol. The highest BCUT2D eigenvalue weighted by molar-refractivity contribution is 6.53. The fraction of sp³-hybridized carbons (Fsp3) is 0.560. The zero-order chi connectivity index (χ0) is 25.4. The molecule has 0 unspecified atom stereocenters. The molecule has 0 spiro atoms. The quantitative estimate of drug-likeness (QED) is 0.280. The summed E-state index contributed by atoms with van der Waals surface area (Å²) in [7, 11) is -1.21. The van der Waals surface area contributed by atoms with Crippen molar-refractivity contribution in [1.82, 2.24) is 4.90 Å². The van der Waals surface area contributed by atoms with Gasteiger partial charge in [0.25, 0.3) is 0 Å². The van der Waals surface area contributed by atoms with Crippen LogP contribution in [0.3, 0.4) is 0 Å². The number of nitrogens with zero attached hydrogens (tertiary/aromatic N) is 1. The average molecular weight is 504 g/mol. The first-order valence-electron chi connectivity index (χ1n) is 12.2. The molecule has 10 heteroatoms. The fourth-order valence-corrected chi connectivity index (χ4v) is 6.18. The largest absolute Gasteiger partial charge is 0.508 e. The minimum Gasteiger partial charge on any atom is -0.508 e. The summed E-state index contributed by atoms with van der Waals surface area (Å²) in [6.07, 6.45) is 1.97. The number of halogens is 1. The summed E-state index contributed by atoms with van der Waals surface area (Å²) in [5, 5.41) is 29.9. The van der Waals surface area contributed by atoms with E-state index >= 15 is 0 Å². The third kappa shape index (κ3) is 4.99. The Morgan fingerprint density at radius 2 is 1.94 bits per heavy atom. The zero-order valence-corrected chi connectivity index (χ0v) is 20.7. The molecule has 3 aliphatic rings. The number of carbonyl (C=O) groups excluding carboxylic acids is 2. The smallest absolute Gasteiger partial charge is 0.487 e. The summed E-state index contributed by atoms with van der Waals surface area (Å²) in [5.41, 5.74) is 2.28. The van der Waals surface area contributed by atoms with Crippen molar-refractivity contribution in [3.63, 3.8) is 0 Å². The van der Waals surface area contributed by atoms with Crippen LogP contribution in [-0.2, 0) is 19.0 Å². The first kappa shape index (κ1) is 25.7. The van der Waals surface area contributed by atoms with Crippen LogP contribution in [0, 0.1) is 23.7 Å². The number of benzene rings is 1. The normalized spacial score (nSPS) is 26.4. The van der Waals surface area contributed by atoms with Gasteiger partial charge in [-0.05, 0) is 60.7 Å². The number of phenols is 1. The third-order valence-electron chi connectivity index (χ3n) is 7.54. The van der Waals surface area contributed by atoms with E-state index < -0.39 is 31.0 Å². The summed E-state index contributed by atoms with van der Waals surface area (Å²) in [4.78, 5) is 38.9. The lowest BCUT2D eigenvalue weighted by Gasteiger charge is -2.43. The van der Waals surface area contributed by atoms with Gasteiger partial charge in [0.1, 0.15) is 5.75 Å². The molecule has 35 heavy (non-hydrogen) atoms. The molecule has 0 aromatic heterocycles. The molecule has 4 rings (SSSR count). The minimum absolute atomic E-state index is 0.0195. The second-order valence-corrected chi connectivity index (χ2v) is 10.4. The van der Waals surface area contributed by atoms with Crippen LogP contribution in [0.5, 0.6) is 5.75 Å². The lowest BCUT2D eigenvalue weighted by atomic mass is 9.54. The molecule has 1 aliphatic carbocycles. The number of aromatic hydroxyl groups is 1. The van der Waals surface area contributed by atoms with E-state index in [2.05, 4.69) is 0 Å². The number of carbonyl (C=O) groups is 3. The molecule has 4 atom stereocenters. The Labute approximate surface area is 210 Å². The van der Waals surface area contributed by atoms with Crippen molar-refractivity contribution >= 4 is 36.5 Å². The van der Waals surface area contributed by atoms with E-state index in [1.165, 1.54) is 17.0 Å². The number of imide groups is 1. The second kappa shape index (κ2) is 10.3. The number of rotatable bonds is 8. The first-order valence-corrected chi connectivity index (χ1v) is 12.6. The van der Waals surface area contributed by atoms with Crippen molar-refractivity contribution in [3.8, 4) is 5.75 Å². The molecule has 3 N–H and O–H groups in total. The number of carboxylic acids is 1. The lowest BCUT2D eigenvalue weighted by molar-refractivity contribution is -0.141. The number of aliphatic carboxylic acids is 1. The van der Waals surface area contributed by atoms with Gasteiger partial charge in [-0.25, -0.2) is 0 Å². The summed E-state index contributed by atoms with van der Waals surface area (Å²) in [6.45, 7) is 4.29. The first-order chi connectivity index (χ1) is 16.6. The molecule has 2 aliphatic heterocycles. The SMILES string of the molecule is CC(C)C1=C2B(O)O[C@H](c3ccc(O)cc3Cl)C[C@H]2[C@H]2C(=O)N(CCCCCC(=O)O)C(=O)[C@H]2C1. The highest BCUT2D eigenvalue weighted by atomic mass is 35.5. The van der Waals surface area contributed by atoms with Crippen LogP contribution in [0.4, 0.5) is 0 Å². The molecule has 188 valence electrons. The maximum absolute atomic E-state index is 13.5. The maximum atomic E-state index is 13.5. The number of carboxylic acid groups (broad SMARTS) is 1. The van der Waals surface area contributed by atoms with Crippen LogP contribution in [0.2, 0.25) is 5.02 Å². The molecule has 2 heterocycles. The second-order valence-electron chi connectivity index (χ2n) is 10.0. The number of amides is 2. The Hall–Kier alpha value is -2.36. The molecule has 8 nitrogen and oxygen atoms in total. The Morgan fingerprint density at radius 3 is 2.60 bits per heavy atom. The molecular formula is C25H31BClNO7. The minimum atomic E-state index is -1.21. The van der Waals surface area contributed by atoms with Gasteiger partial charge in [-0.2, -0.15) is 0 Å². The molecule has 0 radical (unpaired) electrons. The van der Waals surface area contributed by atoms with Crippen molar-refractivity contribution in [2.45, 2.75) is 58.5 Å². The summed E-state index contributed by atoms with van der Waals surface area (Å²) in [6, 6.07) is 4.57. The number of allylic oxidation sites excluding steroid dienone is 2. The topological polar surface area (TPSA) is 124 Å². The summed E-state index contributed by atoms with van der Waals surface area (Å²) < 4.78 is 5.97. The van der Waals surface area contributed by atoms with Gasteiger partial charge in [-0.3, -0.25) is 19.3 Å². The van der Waals surface area contributed by atoms with Crippen LogP contribution < -0.4 is 0 Å². The number of fused-ring (bicyclic) bond motifs is 3. The molecule has 0 saturated carbocycles. The van der Waals surface area contributed by atoms with Crippen LogP contribution in [0.25, 0.3) is 0 Å². The summed E-state index contributed by atoms with van der Waals surface area (Å²) in [5.74, 6) is -2.59. The van der Waals surface area contributed by atoms with Crippen LogP contribution in [0.15, 0.2) is 29.2 Å². The predicted octanol–water partition coefficient (Wildman–Crippen LogP) is 3.75. The average Bonchev–Trinajstić information content (AvgIpc) is 3.02. The van der Waals surface area contributed by atoms with E-state index in [1.54, 1.807) is 6.07 Å². The Balaban J connectivity index is 1.60. The van der Waals surface area contributed by atoms with Gasteiger partial charge in [-0.15, -0.1) is 0 Å². The molecule has 2 fully saturated rings.